The fourth-order valence-corrected chi connectivity index (χ4v) is 4.92. The molecule has 0 spiro atoms. The monoisotopic (exact) mass is 464 g/mol. The van der Waals surface area contributed by atoms with Crippen LogP contribution in [0, 0.1) is 11.3 Å². The summed E-state index contributed by atoms with van der Waals surface area (Å²) in [7, 11) is -3.82. The van der Waals surface area contributed by atoms with Crippen molar-refractivity contribution in [3.8, 4) is 22.9 Å². The van der Waals surface area contributed by atoms with Gasteiger partial charge in [-0.25, -0.2) is 18.2 Å². The number of nitriles is 1. The molecule has 11 heteroatoms. The number of benzene rings is 2. The van der Waals surface area contributed by atoms with E-state index in [1.807, 2.05) is 30.3 Å². The van der Waals surface area contributed by atoms with E-state index in [-0.39, 0.29) is 21.4 Å². The fraction of sp³-hybridized carbons (Fsp3) is 0. The zero-order valence-corrected chi connectivity index (χ0v) is 18.0. The van der Waals surface area contributed by atoms with Crippen molar-refractivity contribution in [1.82, 2.24) is 9.55 Å². The molecule has 160 valence electrons. The first-order chi connectivity index (χ1) is 15.4. The van der Waals surface area contributed by atoms with Crippen LogP contribution in [-0.4, -0.2) is 24.0 Å². The number of amides is 2. The van der Waals surface area contributed by atoms with Gasteiger partial charge in [-0.05, 0) is 29.8 Å². The van der Waals surface area contributed by atoms with Crippen LogP contribution >= 0.6 is 11.3 Å². The predicted octanol–water partition coefficient (Wildman–Crippen LogP) is 3.76. The molecule has 0 saturated carbocycles. The average Bonchev–Trinajstić information content (AvgIpc) is 3.41. The third kappa shape index (κ3) is 4.18. The van der Waals surface area contributed by atoms with Crippen LogP contribution < -0.4 is 15.8 Å². The molecule has 0 saturated heterocycles. The highest BCUT2D eigenvalue weighted by Gasteiger charge is 2.20. The molecule has 2 amide bonds. The largest absolute Gasteiger partial charge is 0.351 e. The highest BCUT2D eigenvalue weighted by molar-refractivity contribution is 7.93. The number of sulfonamides is 1. The number of thiazole rings is 1. The Bertz CT molecular complexity index is 1400. The van der Waals surface area contributed by atoms with Crippen LogP contribution in [0.4, 0.5) is 15.7 Å². The van der Waals surface area contributed by atoms with Crippen LogP contribution in [0.25, 0.3) is 16.8 Å². The molecule has 0 aliphatic rings. The van der Waals surface area contributed by atoms with Gasteiger partial charge >= 0.3 is 6.03 Å². The lowest BCUT2D eigenvalue weighted by atomic mass is 10.1. The number of nitrogens with one attached hydrogen (secondary N) is 2. The van der Waals surface area contributed by atoms with Crippen LogP contribution in [0.1, 0.15) is 5.56 Å². The van der Waals surface area contributed by atoms with Crippen molar-refractivity contribution in [2.24, 2.45) is 5.73 Å². The summed E-state index contributed by atoms with van der Waals surface area (Å²) in [4.78, 5) is 15.6. The second-order valence-electron chi connectivity index (χ2n) is 6.54. The van der Waals surface area contributed by atoms with Gasteiger partial charge in [0.1, 0.15) is 17.5 Å². The van der Waals surface area contributed by atoms with Crippen molar-refractivity contribution < 1.29 is 13.2 Å². The Morgan fingerprint density at radius 2 is 1.84 bits per heavy atom. The first-order valence-electron chi connectivity index (χ1n) is 9.19. The van der Waals surface area contributed by atoms with Crippen molar-refractivity contribution in [3.05, 3.63) is 77.9 Å². The van der Waals surface area contributed by atoms with E-state index in [0.717, 1.165) is 5.56 Å². The van der Waals surface area contributed by atoms with Gasteiger partial charge in [0.05, 0.1) is 4.90 Å². The van der Waals surface area contributed by atoms with E-state index in [1.165, 1.54) is 29.7 Å². The molecule has 2 heterocycles. The minimum absolute atomic E-state index is 0.0387. The SMILES string of the molecule is N#Cc1c(-c2ccccc2)cn(-c2ccc(S(=O)(=O)Nc3nccs3)cc2)c1NC(N)=O. The summed E-state index contributed by atoms with van der Waals surface area (Å²) in [5, 5.41) is 14.2. The third-order valence-corrected chi connectivity index (χ3v) is 6.70. The minimum atomic E-state index is -3.82. The molecular formula is C21H16N6O3S2. The Labute approximate surface area is 187 Å². The zero-order chi connectivity index (χ0) is 22.7. The summed E-state index contributed by atoms with van der Waals surface area (Å²) in [6.07, 6.45) is 3.19. The lowest BCUT2D eigenvalue weighted by Gasteiger charge is -2.11. The van der Waals surface area contributed by atoms with E-state index in [2.05, 4.69) is 21.1 Å². The topological polar surface area (TPSA) is 143 Å². The number of anilines is 2. The van der Waals surface area contributed by atoms with Crippen LogP contribution in [0.2, 0.25) is 0 Å². The number of carbonyl (C=O) groups is 1. The molecule has 2 aromatic carbocycles. The van der Waals surface area contributed by atoms with E-state index >= 15 is 0 Å². The summed E-state index contributed by atoms with van der Waals surface area (Å²) in [6.45, 7) is 0. The molecule has 4 rings (SSSR count). The van der Waals surface area contributed by atoms with Crippen molar-refractivity contribution >= 4 is 38.3 Å². The average molecular weight is 465 g/mol. The van der Waals surface area contributed by atoms with Gasteiger partial charge in [0.2, 0.25) is 0 Å². The Morgan fingerprint density at radius 1 is 1.12 bits per heavy atom. The Morgan fingerprint density at radius 3 is 2.44 bits per heavy atom. The van der Waals surface area contributed by atoms with Gasteiger partial charge < -0.3 is 10.3 Å². The molecule has 0 bridgehead atoms. The number of nitrogens with two attached hydrogens (primary N) is 1. The summed E-state index contributed by atoms with van der Waals surface area (Å²) in [6, 6.07) is 16.5. The van der Waals surface area contributed by atoms with Gasteiger partial charge in [-0.15, -0.1) is 11.3 Å². The highest BCUT2D eigenvalue weighted by Crippen LogP contribution is 2.33. The van der Waals surface area contributed by atoms with Crippen LogP contribution in [0.5, 0.6) is 0 Å². The van der Waals surface area contributed by atoms with Crippen LogP contribution in [0.3, 0.4) is 0 Å². The van der Waals surface area contributed by atoms with Crippen LogP contribution in [0.15, 0.2) is 77.3 Å². The first-order valence-corrected chi connectivity index (χ1v) is 11.6. The zero-order valence-electron chi connectivity index (χ0n) is 16.4. The molecule has 2 aromatic heterocycles. The lowest BCUT2D eigenvalue weighted by Crippen LogP contribution is -2.21. The fourth-order valence-electron chi connectivity index (χ4n) is 3.13. The molecule has 32 heavy (non-hydrogen) atoms. The summed E-state index contributed by atoms with van der Waals surface area (Å²) in [5.41, 5.74) is 7.46. The molecule has 4 N–H and O–H groups in total. The first kappa shape index (κ1) is 21.1. The Hall–Kier alpha value is -4.14. The van der Waals surface area contributed by atoms with E-state index in [4.69, 9.17) is 5.73 Å². The number of carbonyl (C=O) groups excluding carboxylic acids is 1. The van der Waals surface area contributed by atoms with Crippen molar-refractivity contribution in [2.45, 2.75) is 4.90 Å². The maximum atomic E-state index is 12.6. The summed E-state index contributed by atoms with van der Waals surface area (Å²) < 4.78 is 29.2. The van der Waals surface area contributed by atoms with Gasteiger partial charge in [0.25, 0.3) is 10.0 Å². The third-order valence-electron chi connectivity index (χ3n) is 4.52. The van der Waals surface area contributed by atoms with Gasteiger partial charge in [0, 0.05) is 29.0 Å². The van der Waals surface area contributed by atoms with Crippen molar-refractivity contribution in [1.29, 1.82) is 5.26 Å². The van der Waals surface area contributed by atoms with E-state index in [0.29, 0.717) is 11.3 Å². The molecular weight excluding hydrogens is 448 g/mol. The molecule has 0 aliphatic heterocycles. The minimum Gasteiger partial charge on any atom is -0.351 e. The molecule has 4 aromatic rings. The molecule has 0 unspecified atom stereocenters. The quantitative estimate of drug-likeness (QED) is 0.398. The lowest BCUT2D eigenvalue weighted by molar-refractivity contribution is 0.259. The molecule has 0 radical (unpaired) electrons. The second-order valence-corrected chi connectivity index (χ2v) is 9.12. The van der Waals surface area contributed by atoms with Gasteiger partial charge in [-0.3, -0.25) is 10.0 Å². The predicted molar refractivity (Wildman–Crippen MR) is 122 cm³/mol. The Balaban J connectivity index is 1.77. The van der Waals surface area contributed by atoms with Gasteiger partial charge in [0.15, 0.2) is 5.13 Å². The van der Waals surface area contributed by atoms with Gasteiger partial charge in [-0.1, -0.05) is 30.3 Å². The smallest absolute Gasteiger partial charge is 0.317 e. The number of rotatable bonds is 6. The summed E-state index contributed by atoms with van der Waals surface area (Å²) >= 11 is 1.17. The van der Waals surface area contributed by atoms with E-state index in [9.17, 15) is 18.5 Å². The number of urea groups is 1. The molecule has 9 nitrogen and oxygen atoms in total. The normalized spacial score (nSPS) is 11.0. The van der Waals surface area contributed by atoms with Crippen molar-refractivity contribution in [2.75, 3.05) is 10.0 Å². The number of hydrogen-bond donors (Lipinski definition) is 3. The Kier molecular flexibility index (Phi) is 5.63. The number of hydrogen-bond acceptors (Lipinski definition) is 6. The molecule has 0 fully saturated rings. The highest BCUT2D eigenvalue weighted by atomic mass is 32.2. The second kappa shape index (κ2) is 8.54. The standard InChI is InChI=1S/C21H16N6O3S2/c22-12-17-18(14-4-2-1-3-5-14)13-27(19(17)25-20(23)28)15-6-8-16(9-7-15)32(29,30)26-21-24-10-11-31-21/h1-11,13H,(H,24,26)(H3,23,25,28). The van der Waals surface area contributed by atoms with Gasteiger partial charge in [-0.2, -0.15) is 5.26 Å². The van der Waals surface area contributed by atoms with E-state index in [1.54, 1.807) is 28.3 Å². The molecule has 0 aliphatic carbocycles. The molecule has 0 atom stereocenters. The maximum absolute atomic E-state index is 12.6. The van der Waals surface area contributed by atoms with Crippen LogP contribution in [-0.2, 0) is 10.0 Å². The maximum Gasteiger partial charge on any atom is 0.317 e. The summed E-state index contributed by atoms with van der Waals surface area (Å²) in [5.74, 6) is 0.190. The number of aromatic nitrogens is 2. The van der Waals surface area contributed by atoms with Crippen molar-refractivity contribution in [3.63, 3.8) is 0 Å². The number of nitrogens with zero attached hydrogens (tertiary/aromatic N) is 3. The van der Waals surface area contributed by atoms with E-state index < -0.39 is 16.1 Å². The number of primary amides is 1.